The summed E-state index contributed by atoms with van der Waals surface area (Å²) in [5.74, 6) is 1.04. The first kappa shape index (κ1) is 23.3. The maximum absolute atomic E-state index is 11.2. The van der Waals surface area contributed by atoms with E-state index in [-0.39, 0.29) is 34.7 Å². The standard InChI is InChI=1S/C23H39N3O2S/c1-20(2,26-14-29)17-10-13-23(5,28-17)16-8-11-21(3,25-7)15-9-12-22(4,27)19(24-6)18(15)16/h15-19,27H,8-13H2,1-7H3/q-2. The molecule has 0 spiro atoms. The topological polar surface area (TPSA) is 70.0 Å². The Bertz CT molecular complexity index is 663. The summed E-state index contributed by atoms with van der Waals surface area (Å²) in [6, 6.07) is -0.0842. The summed E-state index contributed by atoms with van der Waals surface area (Å²) >= 11 is 4.87. The summed E-state index contributed by atoms with van der Waals surface area (Å²) in [4.78, 5) is 4.39. The van der Waals surface area contributed by atoms with Gasteiger partial charge in [0.1, 0.15) is 0 Å². The highest BCUT2D eigenvalue weighted by Crippen LogP contribution is 2.59. The molecular formula is C23H39N3O2S-2. The van der Waals surface area contributed by atoms with E-state index in [1.807, 2.05) is 21.0 Å². The van der Waals surface area contributed by atoms with Crippen molar-refractivity contribution < 1.29 is 9.84 Å². The number of thiocarbonyl (C=S) groups is 1. The molecule has 2 aliphatic carbocycles. The Morgan fingerprint density at radius 2 is 1.72 bits per heavy atom. The molecule has 5 nitrogen and oxygen atoms in total. The molecule has 8 unspecified atom stereocenters. The smallest absolute Gasteiger partial charge is 0.0915 e. The van der Waals surface area contributed by atoms with Crippen molar-refractivity contribution in [2.24, 2.45) is 22.7 Å². The van der Waals surface area contributed by atoms with Crippen LogP contribution in [0.25, 0.3) is 10.6 Å². The fraction of sp³-hybridized carbons (Fsp3) is 0.957. The van der Waals surface area contributed by atoms with E-state index in [1.54, 1.807) is 0 Å². The molecule has 1 heterocycles. The van der Waals surface area contributed by atoms with Gasteiger partial charge >= 0.3 is 0 Å². The van der Waals surface area contributed by atoms with Crippen LogP contribution in [0.3, 0.4) is 0 Å². The van der Waals surface area contributed by atoms with E-state index < -0.39 is 5.60 Å². The summed E-state index contributed by atoms with van der Waals surface area (Å²) in [6.45, 7) is 10.7. The number of isothiocyanates is 1. The van der Waals surface area contributed by atoms with Crippen molar-refractivity contribution in [3.63, 3.8) is 0 Å². The average molecular weight is 422 g/mol. The van der Waals surface area contributed by atoms with Gasteiger partial charge in [-0.05, 0) is 83.9 Å². The van der Waals surface area contributed by atoms with Gasteiger partial charge in [0, 0.05) is 5.60 Å². The van der Waals surface area contributed by atoms with E-state index in [0.29, 0.717) is 11.8 Å². The molecule has 2 saturated carbocycles. The first-order chi connectivity index (χ1) is 13.4. The van der Waals surface area contributed by atoms with E-state index in [4.69, 9.17) is 27.6 Å². The first-order valence-electron chi connectivity index (χ1n) is 11.1. The molecule has 0 aromatic carbocycles. The summed E-state index contributed by atoms with van der Waals surface area (Å²) in [6.07, 6.45) is 5.90. The Morgan fingerprint density at radius 3 is 2.31 bits per heavy atom. The third-order valence-electron chi connectivity index (χ3n) is 8.66. The van der Waals surface area contributed by atoms with Gasteiger partial charge < -0.3 is 20.5 Å². The summed E-state index contributed by atoms with van der Waals surface area (Å²) in [5.41, 5.74) is -1.42. The second-order valence-corrected chi connectivity index (χ2v) is 11.0. The highest BCUT2D eigenvalue weighted by molar-refractivity contribution is 7.78. The number of aliphatic imine (C=N–C) groups is 1. The van der Waals surface area contributed by atoms with Crippen molar-refractivity contribution in [2.45, 2.75) is 108 Å². The van der Waals surface area contributed by atoms with Gasteiger partial charge in [0.15, 0.2) is 0 Å². The second-order valence-electron chi connectivity index (χ2n) is 10.8. The maximum atomic E-state index is 11.2. The molecule has 0 amide bonds. The zero-order chi connectivity index (χ0) is 21.7. The molecule has 0 aromatic heterocycles. The minimum absolute atomic E-state index is 0.0340. The van der Waals surface area contributed by atoms with Crippen LogP contribution >= 0.6 is 12.2 Å². The SMILES string of the molecule is C[N-]C1C2C(CCC1(C)O)C(C)([N-]C)CCC2C1(C)CCC(C(C)(C)N=C=S)O1. The van der Waals surface area contributed by atoms with Crippen molar-refractivity contribution in [1.82, 2.24) is 0 Å². The van der Waals surface area contributed by atoms with Gasteiger partial charge in [-0.1, -0.05) is 19.3 Å². The molecule has 6 heteroatoms. The van der Waals surface area contributed by atoms with Gasteiger partial charge in [-0.2, -0.15) is 14.1 Å². The van der Waals surface area contributed by atoms with Gasteiger partial charge in [0.25, 0.3) is 0 Å². The normalized spacial score (nSPS) is 48.1. The van der Waals surface area contributed by atoms with E-state index in [9.17, 15) is 5.11 Å². The van der Waals surface area contributed by atoms with Crippen molar-refractivity contribution in [1.29, 1.82) is 0 Å². The predicted molar refractivity (Wildman–Crippen MR) is 122 cm³/mol. The number of rotatable bonds is 5. The van der Waals surface area contributed by atoms with E-state index in [1.165, 1.54) is 0 Å². The number of likely N-dealkylation sites (N-methyl/N-ethyl adjacent to an activating group) is 1. The molecule has 0 radical (unpaired) electrons. The Labute approximate surface area is 182 Å². The fourth-order valence-corrected chi connectivity index (χ4v) is 6.97. The highest BCUT2D eigenvalue weighted by atomic mass is 32.1. The lowest BCUT2D eigenvalue weighted by Gasteiger charge is -2.67. The average Bonchev–Trinajstić information content (AvgIpc) is 3.05. The minimum atomic E-state index is -0.768. The number of hydrogen-bond donors (Lipinski definition) is 1. The van der Waals surface area contributed by atoms with E-state index in [2.05, 4.69) is 37.8 Å². The van der Waals surface area contributed by atoms with Crippen molar-refractivity contribution in [2.75, 3.05) is 14.1 Å². The van der Waals surface area contributed by atoms with Crippen LogP contribution in [0.2, 0.25) is 0 Å². The lowest BCUT2D eigenvalue weighted by atomic mass is 9.51. The minimum Gasteiger partial charge on any atom is -0.660 e. The van der Waals surface area contributed by atoms with Gasteiger partial charge in [-0.25, -0.2) is 4.99 Å². The molecule has 1 saturated heterocycles. The number of ether oxygens (including phenoxy) is 1. The monoisotopic (exact) mass is 421 g/mol. The van der Waals surface area contributed by atoms with Crippen LogP contribution < -0.4 is 0 Å². The molecule has 0 bridgehead atoms. The Morgan fingerprint density at radius 1 is 1.07 bits per heavy atom. The van der Waals surface area contributed by atoms with Crippen LogP contribution in [0.5, 0.6) is 0 Å². The molecule has 3 rings (SSSR count). The van der Waals surface area contributed by atoms with Crippen LogP contribution in [-0.4, -0.2) is 58.8 Å². The Hall–Kier alpha value is -0.360. The van der Waals surface area contributed by atoms with E-state index in [0.717, 1.165) is 38.5 Å². The molecule has 1 N–H and O–H groups in total. The Kier molecular flexibility index (Phi) is 6.40. The first-order valence-corrected chi connectivity index (χ1v) is 11.5. The van der Waals surface area contributed by atoms with Crippen LogP contribution in [-0.2, 0) is 4.74 Å². The van der Waals surface area contributed by atoms with Crippen LogP contribution in [0, 0.1) is 17.8 Å². The van der Waals surface area contributed by atoms with Crippen molar-refractivity contribution in [3.8, 4) is 0 Å². The van der Waals surface area contributed by atoms with Gasteiger partial charge in [-0.3, -0.25) is 0 Å². The summed E-state index contributed by atoms with van der Waals surface area (Å²) in [7, 11) is 3.82. The molecule has 3 fully saturated rings. The Balaban J connectivity index is 1.95. The summed E-state index contributed by atoms with van der Waals surface area (Å²) in [5, 5.41) is 23.4. The molecule has 29 heavy (non-hydrogen) atoms. The summed E-state index contributed by atoms with van der Waals surface area (Å²) < 4.78 is 6.78. The third-order valence-corrected chi connectivity index (χ3v) is 8.75. The number of hydrogen-bond acceptors (Lipinski definition) is 4. The predicted octanol–water partition coefficient (Wildman–Crippen LogP) is 5.13. The van der Waals surface area contributed by atoms with Crippen LogP contribution in [0.1, 0.15) is 73.1 Å². The number of nitrogens with zero attached hydrogens (tertiary/aromatic N) is 3. The third kappa shape index (κ3) is 3.97. The lowest BCUT2D eigenvalue weighted by molar-refractivity contribution is -0.150. The zero-order valence-corrected chi connectivity index (χ0v) is 20.1. The quantitative estimate of drug-likeness (QED) is 0.494. The molecule has 8 atom stereocenters. The lowest BCUT2D eigenvalue weighted by Crippen LogP contribution is -2.62. The molecule has 1 aliphatic heterocycles. The van der Waals surface area contributed by atoms with E-state index >= 15 is 0 Å². The van der Waals surface area contributed by atoms with Crippen LogP contribution in [0.4, 0.5) is 0 Å². The van der Waals surface area contributed by atoms with Gasteiger partial charge in [0.05, 0.1) is 22.4 Å². The van der Waals surface area contributed by atoms with Crippen molar-refractivity contribution in [3.05, 3.63) is 10.6 Å². The molecule has 166 valence electrons. The number of fused-ring (bicyclic) bond motifs is 1. The van der Waals surface area contributed by atoms with Gasteiger partial charge in [0.2, 0.25) is 0 Å². The van der Waals surface area contributed by atoms with Crippen LogP contribution in [0.15, 0.2) is 4.99 Å². The molecule has 0 aromatic rings. The molecular weight excluding hydrogens is 382 g/mol. The highest BCUT2D eigenvalue weighted by Gasteiger charge is 2.56. The fourth-order valence-electron chi connectivity index (χ4n) is 6.73. The number of aliphatic hydroxyl groups is 1. The maximum Gasteiger partial charge on any atom is 0.0915 e. The molecule has 3 aliphatic rings. The largest absolute Gasteiger partial charge is 0.660 e. The second kappa shape index (κ2) is 7.96. The van der Waals surface area contributed by atoms with Crippen molar-refractivity contribution >= 4 is 17.4 Å². The van der Waals surface area contributed by atoms with Gasteiger partial charge in [-0.15, -0.1) is 11.6 Å². The zero-order valence-electron chi connectivity index (χ0n) is 19.2.